The van der Waals surface area contributed by atoms with Gasteiger partial charge in [-0.2, -0.15) is 5.26 Å². The van der Waals surface area contributed by atoms with Gasteiger partial charge in [-0.25, -0.2) is 0 Å². The Bertz CT molecular complexity index is 372. The van der Waals surface area contributed by atoms with Crippen LogP contribution >= 0.6 is 11.3 Å². The molecule has 0 aliphatic heterocycles. The van der Waals surface area contributed by atoms with Gasteiger partial charge in [-0.15, -0.1) is 11.3 Å². The average molecular weight is 234 g/mol. The lowest BCUT2D eigenvalue weighted by Gasteiger charge is -2.15. The number of nitriles is 1. The molecule has 86 valence electrons. The molecule has 1 aliphatic rings. The van der Waals surface area contributed by atoms with Crippen LogP contribution in [0.25, 0.3) is 0 Å². The minimum Gasteiger partial charge on any atom is -0.295 e. The van der Waals surface area contributed by atoms with Crippen molar-refractivity contribution < 1.29 is 0 Å². The Balaban J connectivity index is 2.01. The maximum absolute atomic E-state index is 9.22. The van der Waals surface area contributed by atoms with Crippen LogP contribution in [0.3, 0.4) is 0 Å². The first-order valence-corrected chi connectivity index (χ1v) is 6.89. The van der Waals surface area contributed by atoms with Gasteiger partial charge >= 0.3 is 0 Å². The summed E-state index contributed by atoms with van der Waals surface area (Å²) < 4.78 is 0. The molecule has 1 atom stereocenters. The fraction of sp³-hybridized carbons (Fsp3) is 0.615. The van der Waals surface area contributed by atoms with E-state index in [1.54, 1.807) is 11.3 Å². The van der Waals surface area contributed by atoms with Gasteiger partial charge in [-0.05, 0) is 31.4 Å². The second kappa shape index (κ2) is 5.47. The molecule has 0 aromatic carbocycles. The predicted molar refractivity (Wildman–Crippen MR) is 67.4 cm³/mol. The molecule has 0 spiro atoms. The fourth-order valence-electron chi connectivity index (χ4n) is 2.25. The monoisotopic (exact) mass is 234 g/mol. The zero-order valence-corrected chi connectivity index (χ0v) is 10.5. The summed E-state index contributed by atoms with van der Waals surface area (Å²) in [5.74, 6) is 0. The SMILES string of the molecule is CCc1ccc(C(C#N)NC2CCCC2)s1. The Morgan fingerprint density at radius 2 is 2.25 bits per heavy atom. The number of hydrogen-bond acceptors (Lipinski definition) is 3. The quantitative estimate of drug-likeness (QED) is 0.866. The molecule has 0 saturated heterocycles. The first-order valence-electron chi connectivity index (χ1n) is 6.07. The largest absolute Gasteiger partial charge is 0.295 e. The van der Waals surface area contributed by atoms with Crippen molar-refractivity contribution in [2.45, 2.75) is 51.1 Å². The van der Waals surface area contributed by atoms with Crippen molar-refractivity contribution in [3.05, 3.63) is 21.9 Å². The first kappa shape index (κ1) is 11.6. The Morgan fingerprint density at radius 3 is 2.81 bits per heavy atom. The Labute approximate surface area is 101 Å². The van der Waals surface area contributed by atoms with Crippen molar-refractivity contribution in [3.8, 4) is 6.07 Å². The van der Waals surface area contributed by atoms with E-state index in [2.05, 4.69) is 30.4 Å². The van der Waals surface area contributed by atoms with Crippen molar-refractivity contribution in [2.24, 2.45) is 0 Å². The second-order valence-corrected chi connectivity index (χ2v) is 5.57. The van der Waals surface area contributed by atoms with E-state index in [4.69, 9.17) is 0 Å². The molecular weight excluding hydrogens is 216 g/mol. The lowest BCUT2D eigenvalue weighted by atomic mass is 10.2. The van der Waals surface area contributed by atoms with Crippen LogP contribution in [0, 0.1) is 11.3 Å². The number of nitrogens with one attached hydrogen (secondary N) is 1. The smallest absolute Gasteiger partial charge is 0.130 e. The van der Waals surface area contributed by atoms with E-state index in [0.717, 1.165) is 6.42 Å². The molecule has 1 unspecified atom stereocenters. The highest BCUT2D eigenvalue weighted by Crippen LogP contribution is 2.26. The topological polar surface area (TPSA) is 35.8 Å². The molecule has 3 heteroatoms. The van der Waals surface area contributed by atoms with Crippen molar-refractivity contribution in [1.82, 2.24) is 5.32 Å². The van der Waals surface area contributed by atoms with Crippen LogP contribution in [0.1, 0.15) is 48.4 Å². The van der Waals surface area contributed by atoms with Gasteiger partial charge in [0.2, 0.25) is 0 Å². The third kappa shape index (κ3) is 2.63. The van der Waals surface area contributed by atoms with Gasteiger partial charge in [0.05, 0.1) is 6.07 Å². The van der Waals surface area contributed by atoms with Crippen LogP contribution in [0.4, 0.5) is 0 Å². The van der Waals surface area contributed by atoms with Gasteiger partial charge in [0.25, 0.3) is 0 Å². The zero-order valence-electron chi connectivity index (χ0n) is 9.70. The molecule has 1 aliphatic carbocycles. The van der Waals surface area contributed by atoms with E-state index in [-0.39, 0.29) is 6.04 Å². The molecule has 1 saturated carbocycles. The maximum Gasteiger partial charge on any atom is 0.130 e. The molecule has 0 bridgehead atoms. The second-order valence-electron chi connectivity index (χ2n) is 4.37. The summed E-state index contributed by atoms with van der Waals surface area (Å²) >= 11 is 1.76. The highest BCUT2D eigenvalue weighted by atomic mass is 32.1. The van der Waals surface area contributed by atoms with Gasteiger partial charge < -0.3 is 0 Å². The molecule has 2 nitrogen and oxygen atoms in total. The molecule has 16 heavy (non-hydrogen) atoms. The fourth-order valence-corrected chi connectivity index (χ4v) is 3.21. The minimum atomic E-state index is -0.103. The van der Waals surface area contributed by atoms with Crippen LogP contribution < -0.4 is 5.32 Å². The molecule has 1 N–H and O–H groups in total. The Morgan fingerprint density at radius 1 is 1.50 bits per heavy atom. The van der Waals surface area contributed by atoms with Gasteiger partial charge in [0.15, 0.2) is 0 Å². The van der Waals surface area contributed by atoms with Gasteiger partial charge in [0, 0.05) is 15.8 Å². The van der Waals surface area contributed by atoms with Crippen molar-refractivity contribution >= 4 is 11.3 Å². The van der Waals surface area contributed by atoms with Gasteiger partial charge in [-0.1, -0.05) is 19.8 Å². The molecule has 2 rings (SSSR count). The number of rotatable bonds is 4. The van der Waals surface area contributed by atoms with Gasteiger partial charge in [-0.3, -0.25) is 5.32 Å². The minimum absolute atomic E-state index is 0.103. The summed E-state index contributed by atoms with van der Waals surface area (Å²) in [6.45, 7) is 2.15. The highest BCUT2D eigenvalue weighted by Gasteiger charge is 2.20. The summed E-state index contributed by atoms with van der Waals surface area (Å²) in [5.41, 5.74) is 0. The lowest BCUT2D eigenvalue weighted by molar-refractivity contribution is 0.496. The number of hydrogen-bond donors (Lipinski definition) is 1. The third-order valence-electron chi connectivity index (χ3n) is 3.20. The predicted octanol–water partition coefficient (Wildman–Crippen LogP) is 3.41. The normalized spacial score (nSPS) is 18.5. The maximum atomic E-state index is 9.22. The van der Waals surface area contributed by atoms with Crippen LogP contribution in [0.15, 0.2) is 12.1 Å². The van der Waals surface area contributed by atoms with Crippen LogP contribution in [-0.2, 0) is 6.42 Å². The molecule has 0 amide bonds. The lowest BCUT2D eigenvalue weighted by Crippen LogP contribution is -2.29. The summed E-state index contributed by atoms with van der Waals surface area (Å²) in [5, 5.41) is 12.7. The van der Waals surface area contributed by atoms with Gasteiger partial charge in [0.1, 0.15) is 6.04 Å². The number of aryl methyl sites for hydroxylation is 1. The molecule has 1 fully saturated rings. The van der Waals surface area contributed by atoms with E-state index in [9.17, 15) is 5.26 Å². The highest BCUT2D eigenvalue weighted by molar-refractivity contribution is 7.12. The summed E-state index contributed by atoms with van der Waals surface area (Å²) in [4.78, 5) is 2.54. The molecular formula is C13H18N2S. The summed E-state index contributed by atoms with van der Waals surface area (Å²) in [7, 11) is 0. The van der Waals surface area contributed by atoms with Crippen LogP contribution in [0.5, 0.6) is 0 Å². The van der Waals surface area contributed by atoms with Crippen LogP contribution in [-0.4, -0.2) is 6.04 Å². The van der Waals surface area contributed by atoms with E-state index < -0.39 is 0 Å². The molecule has 1 aromatic rings. The number of thiophene rings is 1. The molecule has 0 radical (unpaired) electrons. The van der Waals surface area contributed by atoms with E-state index >= 15 is 0 Å². The zero-order chi connectivity index (χ0) is 11.4. The summed E-state index contributed by atoms with van der Waals surface area (Å²) in [6.07, 6.45) is 6.13. The van der Waals surface area contributed by atoms with Crippen molar-refractivity contribution in [1.29, 1.82) is 5.26 Å². The van der Waals surface area contributed by atoms with Crippen LogP contribution in [0.2, 0.25) is 0 Å². The Kier molecular flexibility index (Phi) is 3.98. The first-order chi connectivity index (χ1) is 7.83. The Hall–Kier alpha value is -0.850. The van der Waals surface area contributed by atoms with Crippen molar-refractivity contribution in [3.63, 3.8) is 0 Å². The van der Waals surface area contributed by atoms with E-state index in [0.29, 0.717) is 6.04 Å². The standard InChI is InChI=1S/C13H18N2S/c1-2-11-7-8-13(16-11)12(9-14)15-10-5-3-4-6-10/h7-8,10,12,15H,2-6H2,1H3. The van der Waals surface area contributed by atoms with E-state index in [1.807, 2.05) is 0 Å². The van der Waals surface area contributed by atoms with Crippen molar-refractivity contribution in [2.75, 3.05) is 0 Å². The summed E-state index contributed by atoms with van der Waals surface area (Å²) in [6, 6.07) is 7.07. The number of nitrogens with zero attached hydrogens (tertiary/aromatic N) is 1. The molecule has 1 heterocycles. The third-order valence-corrected chi connectivity index (χ3v) is 4.50. The average Bonchev–Trinajstić information content (AvgIpc) is 2.96. The molecule has 1 aromatic heterocycles. The van der Waals surface area contributed by atoms with E-state index in [1.165, 1.54) is 35.4 Å².